The molecule has 0 saturated heterocycles. The second kappa shape index (κ2) is 5.11. The Hall–Kier alpha value is -2.37. The minimum Gasteiger partial charge on any atom is -0.492 e. The Kier molecular flexibility index (Phi) is 3.34. The SMILES string of the molecule is O=[N+]([O-])c1cnn(CCOc2ccccc2)c1. The highest BCUT2D eigenvalue weighted by atomic mass is 16.6. The van der Waals surface area contributed by atoms with E-state index >= 15 is 0 Å². The molecular weight excluding hydrogens is 222 g/mol. The summed E-state index contributed by atoms with van der Waals surface area (Å²) in [7, 11) is 0. The molecule has 2 aromatic rings. The molecule has 0 amide bonds. The summed E-state index contributed by atoms with van der Waals surface area (Å²) in [4.78, 5) is 9.96. The predicted octanol–water partition coefficient (Wildman–Crippen LogP) is 1.87. The molecule has 6 nitrogen and oxygen atoms in total. The first-order valence-electron chi connectivity index (χ1n) is 5.10. The molecule has 1 heterocycles. The summed E-state index contributed by atoms with van der Waals surface area (Å²) in [6, 6.07) is 9.38. The van der Waals surface area contributed by atoms with Crippen LogP contribution >= 0.6 is 0 Å². The average Bonchev–Trinajstić information content (AvgIpc) is 2.79. The van der Waals surface area contributed by atoms with Crippen molar-refractivity contribution in [2.75, 3.05) is 6.61 Å². The van der Waals surface area contributed by atoms with E-state index in [2.05, 4.69) is 5.10 Å². The number of rotatable bonds is 5. The van der Waals surface area contributed by atoms with Crippen molar-refractivity contribution >= 4 is 5.69 Å². The molecular formula is C11H11N3O3. The van der Waals surface area contributed by atoms with E-state index in [9.17, 15) is 10.1 Å². The molecule has 0 fully saturated rings. The number of aromatic nitrogens is 2. The van der Waals surface area contributed by atoms with Crippen LogP contribution in [0.2, 0.25) is 0 Å². The van der Waals surface area contributed by atoms with E-state index in [1.807, 2.05) is 30.3 Å². The highest BCUT2D eigenvalue weighted by Gasteiger charge is 2.08. The average molecular weight is 233 g/mol. The van der Waals surface area contributed by atoms with Crippen LogP contribution in [0.15, 0.2) is 42.7 Å². The van der Waals surface area contributed by atoms with Gasteiger partial charge in [-0.25, -0.2) is 0 Å². The number of para-hydroxylation sites is 1. The third-order valence-corrected chi connectivity index (χ3v) is 2.16. The van der Waals surface area contributed by atoms with Crippen LogP contribution in [0.3, 0.4) is 0 Å². The van der Waals surface area contributed by atoms with Gasteiger partial charge in [0.25, 0.3) is 0 Å². The van der Waals surface area contributed by atoms with Crippen LogP contribution in [0, 0.1) is 10.1 Å². The molecule has 17 heavy (non-hydrogen) atoms. The maximum Gasteiger partial charge on any atom is 0.306 e. The number of ether oxygens (including phenoxy) is 1. The molecule has 1 aromatic heterocycles. The highest BCUT2D eigenvalue weighted by Crippen LogP contribution is 2.09. The summed E-state index contributed by atoms with van der Waals surface area (Å²) in [6.07, 6.45) is 2.61. The molecule has 6 heteroatoms. The van der Waals surface area contributed by atoms with E-state index in [1.54, 1.807) is 0 Å². The lowest BCUT2D eigenvalue weighted by molar-refractivity contribution is -0.385. The van der Waals surface area contributed by atoms with Crippen molar-refractivity contribution in [1.82, 2.24) is 9.78 Å². The third kappa shape index (κ3) is 3.04. The molecule has 0 unspecified atom stereocenters. The predicted molar refractivity (Wildman–Crippen MR) is 60.8 cm³/mol. The van der Waals surface area contributed by atoms with Crippen molar-refractivity contribution in [2.45, 2.75) is 6.54 Å². The Labute approximate surface area is 97.6 Å². The lowest BCUT2D eigenvalue weighted by Gasteiger charge is -2.05. The van der Waals surface area contributed by atoms with Crippen LogP contribution in [0.5, 0.6) is 5.75 Å². The number of hydrogen-bond acceptors (Lipinski definition) is 4. The second-order valence-corrected chi connectivity index (χ2v) is 3.38. The summed E-state index contributed by atoms with van der Waals surface area (Å²) in [5, 5.41) is 14.3. The van der Waals surface area contributed by atoms with Crippen molar-refractivity contribution in [3.05, 3.63) is 52.8 Å². The Morgan fingerprint density at radius 2 is 2.12 bits per heavy atom. The summed E-state index contributed by atoms with van der Waals surface area (Å²) in [6.45, 7) is 0.894. The Balaban J connectivity index is 1.84. The van der Waals surface area contributed by atoms with Gasteiger partial charge in [0.15, 0.2) is 0 Å². The molecule has 0 radical (unpaired) electrons. The monoisotopic (exact) mass is 233 g/mol. The Morgan fingerprint density at radius 3 is 2.76 bits per heavy atom. The number of nitrogens with zero attached hydrogens (tertiary/aromatic N) is 3. The highest BCUT2D eigenvalue weighted by molar-refractivity contribution is 5.21. The van der Waals surface area contributed by atoms with Crippen molar-refractivity contribution in [3.8, 4) is 5.75 Å². The topological polar surface area (TPSA) is 70.2 Å². The van der Waals surface area contributed by atoms with Crippen LogP contribution in [0.4, 0.5) is 5.69 Å². The number of nitro groups is 1. The van der Waals surface area contributed by atoms with E-state index in [0.717, 1.165) is 5.75 Å². The smallest absolute Gasteiger partial charge is 0.306 e. The summed E-state index contributed by atoms with van der Waals surface area (Å²) in [5.41, 5.74) is -0.00953. The van der Waals surface area contributed by atoms with Gasteiger partial charge >= 0.3 is 5.69 Å². The quantitative estimate of drug-likeness (QED) is 0.584. The third-order valence-electron chi connectivity index (χ3n) is 2.16. The van der Waals surface area contributed by atoms with Gasteiger partial charge < -0.3 is 4.74 Å². The van der Waals surface area contributed by atoms with Crippen molar-refractivity contribution in [3.63, 3.8) is 0 Å². The minimum absolute atomic E-state index is 0.00953. The summed E-state index contributed by atoms with van der Waals surface area (Å²) in [5.74, 6) is 0.772. The first-order chi connectivity index (χ1) is 8.25. The standard InChI is InChI=1S/C11H11N3O3/c15-14(16)10-8-12-13(9-10)6-7-17-11-4-2-1-3-5-11/h1-5,8-9H,6-7H2. The molecule has 0 aliphatic carbocycles. The number of benzene rings is 1. The van der Waals surface area contributed by atoms with Crippen molar-refractivity contribution in [1.29, 1.82) is 0 Å². The molecule has 0 aliphatic heterocycles. The molecule has 2 rings (SSSR count). The van der Waals surface area contributed by atoms with Crippen LogP contribution in [-0.2, 0) is 6.54 Å². The lowest BCUT2D eigenvalue weighted by Crippen LogP contribution is -2.08. The summed E-state index contributed by atoms with van der Waals surface area (Å²) < 4.78 is 6.94. The molecule has 0 saturated carbocycles. The van der Waals surface area contributed by atoms with Crippen LogP contribution < -0.4 is 4.74 Å². The maximum atomic E-state index is 10.4. The largest absolute Gasteiger partial charge is 0.492 e. The molecule has 0 bridgehead atoms. The fourth-order valence-electron chi connectivity index (χ4n) is 1.34. The van der Waals surface area contributed by atoms with Gasteiger partial charge in [-0.1, -0.05) is 18.2 Å². The van der Waals surface area contributed by atoms with Gasteiger partial charge in [-0.15, -0.1) is 0 Å². The van der Waals surface area contributed by atoms with Gasteiger partial charge in [-0.2, -0.15) is 5.10 Å². The van der Waals surface area contributed by atoms with E-state index in [4.69, 9.17) is 4.74 Å². The van der Waals surface area contributed by atoms with Gasteiger partial charge in [0.2, 0.25) is 0 Å². The van der Waals surface area contributed by atoms with Gasteiger partial charge in [0, 0.05) is 0 Å². The zero-order valence-electron chi connectivity index (χ0n) is 9.02. The van der Waals surface area contributed by atoms with Gasteiger partial charge in [0.05, 0.1) is 11.5 Å². The Morgan fingerprint density at radius 1 is 1.35 bits per heavy atom. The van der Waals surface area contributed by atoms with E-state index < -0.39 is 4.92 Å². The van der Waals surface area contributed by atoms with Gasteiger partial charge in [-0.3, -0.25) is 14.8 Å². The Bertz CT molecular complexity index is 496. The van der Waals surface area contributed by atoms with E-state index in [-0.39, 0.29) is 5.69 Å². The zero-order valence-corrected chi connectivity index (χ0v) is 9.02. The molecule has 0 spiro atoms. The molecule has 0 N–H and O–H groups in total. The fourth-order valence-corrected chi connectivity index (χ4v) is 1.34. The maximum absolute atomic E-state index is 10.4. The molecule has 88 valence electrons. The van der Waals surface area contributed by atoms with E-state index in [0.29, 0.717) is 13.2 Å². The number of hydrogen-bond donors (Lipinski definition) is 0. The molecule has 0 aliphatic rings. The first kappa shape index (κ1) is 11.1. The second-order valence-electron chi connectivity index (χ2n) is 3.38. The molecule has 1 aromatic carbocycles. The zero-order chi connectivity index (χ0) is 12.1. The van der Waals surface area contributed by atoms with Gasteiger partial charge in [-0.05, 0) is 12.1 Å². The summed E-state index contributed by atoms with van der Waals surface area (Å²) >= 11 is 0. The van der Waals surface area contributed by atoms with E-state index in [1.165, 1.54) is 17.1 Å². The minimum atomic E-state index is -0.471. The van der Waals surface area contributed by atoms with Crippen molar-refractivity contribution < 1.29 is 9.66 Å². The van der Waals surface area contributed by atoms with Crippen molar-refractivity contribution in [2.24, 2.45) is 0 Å². The lowest BCUT2D eigenvalue weighted by atomic mass is 10.3. The normalized spacial score (nSPS) is 10.1. The first-order valence-corrected chi connectivity index (χ1v) is 5.10. The van der Waals surface area contributed by atoms with Crippen LogP contribution in [0.1, 0.15) is 0 Å². The van der Waals surface area contributed by atoms with Gasteiger partial charge in [0.1, 0.15) is 24.8 Å². The van der Waals surface area contributed by atoms with Crippen LogP contribution in [0.25, 0.3) is 0 Å². The fraction of sp³-hybridized carbons (Fsp3) is 0.182. The molecule has 0 atom stereocenters. The van der Waals surface area contributed by atoms with Crippen LogP contribution in [-0.4, -0.2) is 21.3 Å².